The number of benzene rings is 2. The van der Waals surface area contributed by atoms with E-state index in [0.717, 1.165) is 17.5 Å². The minimum Gasteiger partial charge on any atom is -0.463 e. The Balaban J connectivity index is 1.40. The molecule has 0 aromatic heterocycles. The Morgan fingerprint density at radius 3 is 2.36 bits per heavy atom. The fourth-order valence-electron chi connectivity index (χ4n) is 3.48. The van der Waals surface area contributed by atoms with Gasteiger partial charge < -0.3 is 10.1 Å². The Bertz CT molecular complexity index is 811. The summed E-state index contributed by atoms with van der Waals surface area (Å²) in [6, 6.07) is 14.2. The van der Waals surface area contributed by atoms with E-state index in [9.17, 15) is 14.0 Å². The SMILES string of the molecule is Cc1ccc(CCC(=O)NCCOC(=O)C2(c3ccc(F)cc3)CCC2)cc1. The van der Waals surface area contributed by atoms with Crippen LogP contribution in [0.3, 0.4) is 0 Å². The van der Waals surface area contributed by atoms with Gasteiger partial charge in [0.1, 0.15) is 12.4 Å². The standard InChI is InChI=1S/C23H26FNO3/c1-17-3-5-18(6-4-17)7-12-21(26)25-15-16-28-22(27)23(13-2-14-23)19-8-10-20(24)11-9-19/h3-6,8-11H,2,7,12-16H2,1H3,(H,25,26). The zero-order valence-electron chi connectivity index (χ0n) is 16.2. The van der Waals surface area contributed by atoms with Crippen LogP contribution in [0.2, 0.25) is 0 Å². The van der Waals surface area contributed by atoms with Crippen LogP contribution in [0.25, 0.3) is 0 Å². The highest BCUT2D eigenvalue weighted by atomic mass is 19.1. The number of carbonyl (C=O) groups excluding carboxylic acids is 2. The molecular formula is C23H26FNO3. The fraction of sp³-hybridized carbons (Fsp3) is 0.391. The van der Waals surface area contributed by atoms with Gasteiger partial charge in [-0.25, -0.2) is 4.39 Å². The topological polar surface area (TPSA) is 55.4 Å². The summed E-state index contributed by atoms with van der Waals surface area (Å²) >= 11 is 0. The number of esters is 1. The molecule has 1 N–H and O–H groups in total. The lowest BCUT2D eigenvalue weighted by Gasteiger charge is -2.39. The average Bonchev–Trinajstić information content (AvgIpc) is 2.65. The molecule has 1 fully saturated rings. The molecular weight excluding hydrogens is 357 g/mol. The number of hydrogen-bond acceptors (Lipinski definition) is 3. The molecule has 1 amide bonds. The highest BCUT2D eigenvalue weighted by Gasteiger charge is 2.47. The maximum Gasteiger partial charge on any atom is 0.316 e. The van der Waals surface area contributed by atoms with E-state index in [4.69, 9.17) is 4.74 Å². The Labute approximate surface area is 165 Å². The zero-order valence-corrected chi connectivity index (χ0v) is 16.2. The van der Waals surface area contributed by atoms with E-state index in [1.807, 2.05) is 31.2 Å². The molecule has 1 aliphatic carbocycles. The lowest BCUT2D eigenvalue weighted by atomic mass is 9.64. The van der Waals surface area contributed by atoms with Crippen molar-refractivity contribution in [3.63, 3.8) is 0 Å². The van der Waals surface area contributed by atoms with Gasteiger partial charge >= 0.3 is 5.97 Å². The Kier molecular flexibility index (Phi) is 6.45. The smallest absolute Gasteiger partial charge is 0.316 e. The van der Waals surface area contributed by atoms with Crippen molar-refractivity contribution < 1.29 is 18.7 Å². The van der Waals surface area contributed by atoms with Crippen LogP contribution in [-0.2, 0) is 26.2 Å². The normalized spacial score (nSPS) is 14.8. The first-order chi connectivity index (χ1) is 13.5. The lowest BCUT2D eigenvalue weighted by molar-refractivity contribution is -0.154. The van der Waals surface area contributed by atoms with Gasteiger partial charge in [-0.1, -0.05) is 48.4 Å². The molecule has 0 radical (unpaired) electrons. The Hall–Kier alpha value is -2.69. The van der Waals surface area contributed by atoms with Gasteiger partial charge in [-0.15, -0.1) is 0 Å². The summed E-state index contributed by atoms with van der Waals surface area (Å²) in [6.45, 7) is 2.46. The zero-order chi connectivity index (χ0) is 20.0. The lowest BCUT2D eigenvalue weighted by Crippen LogP contribution is -2.44. The molecule has 0 spiro atoms. The molecule has 1 aliphatic rings. The molecule has 2 aromatic rings. The summed E-state index contributed by atoms with van der Waals surface area (Å²) in [5.74, 6) is -0.673. The minimum atomic E-state index is -0.664. The maximum absolute atomic E-state index is 13.2. The molecule has 0 aliphatic heterocycles. The van der Waals surface area contributed by atoms with Crippen LogP contribution in [0, 0.1) is 12.7 Å². The molecule has 2 aromatic carbocycles. The van der Waals surface area contributed by atoms with Gasteiger partial charge in [-0.3, -0.25) is 9.59 Å². The first-order valence-corrected chi connectivity index (χ1v) is 9.75. The molecule has 3 rings (SSSR count). The van der Waals surface area contributed by atoms with Crippen molar-refractivity contribution in [2.75, 3.05) is 13.2 Å². The summed E-state index contributed by atoms with van der Waals surface area (Å²) in [5, 5.41) is 2.79. The fourth-order valence-corrected chi connectivity index (χ4v) is 3.48. The van der Waals surface area contributed by atoms with Gasteiger partial charge in [0.05, 0.1) is 12.0 Å². The van der Waals surface area contributed by atoms with E-state index in [0.29, 0.717) is 25.7 Å². The number of aryl methyl sites for hydroxylation is 2. The Morgan fingerprint density at radius 2 is 1.75 bits per heavy atom. The third-order valence-electron chi connectivity index (χ3n) is 5.41. The predicted molar refractivity (Wildman–Crippen MR) is 105 cm³/mol. The molecule has 5 heteroatoms. The summed E-state index contributed by atoms with van der Waals surface area (Å²) in [5.41, 5.74) is 2.45. The van der Waals surface area contributed by atoms with Crippen molar-refractivity contribution >= 4 is 11.9 Å². The maximum atomic E-state index is 13.2. The van der Waals surface area contributed by atoms with E-state index in [-0.39, 0.29) is 30.8 Å². The van der Waals surface area contributed by atoms with Crippen molar-refractivity contribution in [1.82, 2.24) is 5.32 Å². The molecule has 0 unspecified atom stereocenters. The molecule has 0 bridgehead atoms. The van der Waals surface area contributed by atoms with Crippen molar-refractivity contribution in [3.8, 4) is 0 Å². The number of carbonyl (C=O) groups is 2. The number of nitrogens with one attached hydrogen (secondary N) is 1. The Morgan fingerprint density at radius 1 is 1.07 bits per heavy atom. The van der Waals surface area contributed by atoms with Gasteiger partial charge in [-0.2, -0.15) is 0 Å². The first kappa shape index (κ1) is 20.1. The molecule has 1 saturated carbocycles. The second kappa shape index (κ2) is 9.00. The van der Waals surface area contributed by atoms with E-state index >= 15 is 0 Å². The molecule has 148 valence electrons. The van der Waals surface area contributed by atoms with Crippen LogP contribution < -0.4 is 5.32 Å². The number of halogens is 1. The van der Waals surface area contributed by atoms with Crippen LogP contribution in [-0.4, -0.2) is 25.0 Å². The van der Waals surface area contributed by atoms with Crippen LogP contribution in [0.5, 0.6) is 0 Å². The van der Waals surface area contributed by atoms with E-state index in [1.165, 1.54) is 17.7 Å². The predicted octanol–water partition coefficient (Wildman–Crippen LogP) is 3.85. The number of ether oxygens (including phenoxy) is 1. The summed E-state index contributed by atoms with van der Waals surface area (Å²) in [6.07, 6.45) is 3.44. The molecule has 0 atom stereocenters. The van der Waals surface area contributed by atoms with Crippen LogP contribution in [0.4, 0.5) is 4.39 Å². The van der Waals surface area contributed by atoms with Crippen LogP contribution >= 0.6 is 0 Å². The number of rotatable bonds is 8. The molecule has 28 heavy (non-hydrogen) atoms. The van der Waals surface area contributed by atoms with E-state index < -0.39 is 5.41 Å². The summed E-state index contributed by atoms with van der Waals surface area (Å²) in [7, 11) is 0. The van der Waals surface area contributed by atoms with Gasteiger partial charge in [0.25, 0.3) is 0 Å². The first-order valence-electron chi connectivity index (χ1n) is 9.75. The van der Waals surface area contributed by atoms with Gasteiger partial charge in [-0.05, 0) is 49.4 Å². The van der Waals surface area contributed by atoms with Gasteiger partial charge in [0.2, 0.25) is 5.91 Å². The third-order valence-corrected chi connectivity index (χ3v) is 5.41. The van der Waals surface area contributed by atoms with Crippen LogP contribution in [0.1, 0.15) is 42.4 Å². The van der Waals surface area contributed by atoms with Crippen molar-refractivity contribution in [2.45, 2.75) is 44.4 Å². The van der Waals surface area contributed by atoms with Crippen molar-refractivity contribution in [2.24, 2.45) is 0 Å². The van der Waals surface area contributed by atoms with E-state index in [2.05, 4.69) is 5.32 Å². The second-order valence-electron chi connectivity index (χ2n) is 7.41. The highest BCUT2D eigenvalue weighted by molar-refractivity contribution is 5.84. The number of amides is 1. The third kappa shape index (κ3) is 4.77. The number of hydrogen-bond donors (Lipinski definition) is 1. The average molecular weight is 383 g/mol. The second-order valence-corrected chi connectivity index (χ2v) is 7.41. The summed E-state index contributed by atoms with van der Waals surface area (Å²) < 4.78 is 18.6. The van der Waals surface area contributed by atoms with E-state index in [1.54, 1.807) is 12.1 Å². The summed E-state index contributed by atoms with van der Waals surface area (Å²) in [4.78, 5) is 24.5. The quantitative estimate of drug-likeness (QED) is 0.556. The van der Waals surface area contributed by atoms with Crippen molar-refractivity contribution in [3.05, 3.63) is 71.0 Å². The molecule has 4 nitrogen and oxygen atoms in total. The van der Waals surface area contributed by atoms with Gasteiger partial charge in [0.15, 0.2) is 0 Å². The van der Waals surface area contributed by atoms with Gasteiger partial charge in [0, 0.05) is 6.42 Å². The highest BCUT2D eigenvalue weighted by Crippen LogP contribution is 2.44. The largest absolute Gasteiger partial charge is 0.463 e. The molecule has 0 saturated heterocycles. The minimum absolute atomic E-state index is 0.0616. The molecule has 0 heterocycles. The monoisotopic (exact) mass is 383 g/mol. The van der Waals surface area contributed by atoms with Crippen molar-refractivity contribution in [1.29, 1.82) is 0 Å². The van der Waals surface area contributed by atoms with Crippen LogP contribution in [0.15, 0.2) is 48.5 Å².